The number of fused-ring (bicyclic) bond motifs is 1. The van der Waals surface area contributed by atoms with Gasteiger partial charge in [0.2, 0.25) is 5.91 Å². The average Bonchev–Trinajstić information content (AvgIpc) is 3.04. The minimum absolute atomic E-state index is 0.211. The summed E-state index contributed by atoms with van der Waals surface area (Å²) in [5.74, 6) is 0.802. The lowest BCUT2D eigenvalue weighted by molar-refractivity contribution is -0.144. The molecule has 1 saturated carbocycles. The molecular weight excluding hydrogens is 386 g/mol. The molecular formula is C26H33N3O2. The lowest BCUT2D eigenvalue weighted by Crippen LogP contribution is -2.72. The first-order chi connectivity index (χ1) is 15.3. The Morgan fingerprint density at radius 1 is 1.00 bits per heavy atom. The molecule has 0 bridgehead atoms. The standard InChI is InChI=1S/C26H33N3O2/c30-25-18-28-24(19-31-15-14-21-8-3-1-4-9-21)16-27-20-26(28,23-12-7-13-23)29(25)17-22-10-5-2-6-11-22/h1-6,8-11,23-24,27H,7,12-20H2. The van der Waals surface area contributed by atoms with E-state index in [2.05, 4.69) is 63.6 Å². The number of hydrogen-bond donors (Lipinski definition) is 1. The Kier molecular flexibility index (Phi) is 6.08. The number of amides is 1. The molecule has 0 aromatic heterocycles. The number of carbonyl (C=O) groups is 1. The SMILES string of the molecule is O=C1CN2C(COCCc3ccccc3)CNCC2(C2CCC2)N1Cc1ccccc1. The summed E-state index contributed by atoms with van der Waals surface area (Å²) in [6.07, 6.45) is 4.61. The highest BCUT2D eigenvalue weighted by atomic mass is 16.5. The third-order valence-electron chi connectivity index (χ3n) is 7.41. The highest BCUT2D eigenvalue weighted by Gasteiger charge is 2.59. The van der Waals surface area contributed by atoms with E-state index in [0.29, 0.717) is 32.2 Å². The van der Waals surface area contributed by atoms with Gasteiger partial charge in [0.05, 0.1) is 19.8 Å². The van der Waals surface area contributed by atoms with Crippen molar-refractivity contribution in [3.8, 4) is 0 Å². The number of hydrogen-bond acceptors (Lipinski definition) is 4. The molecule has 0 spiro atoms. The lowest BCUT2D eigenvalue weighted by Gasteiger charge is -2.56. The van der Waals surface area contributed by atoms with Crippen molar-refractivity contribution in [1.82, 2.24) is 15.1 Å². The van der Waals surface area contributed by atoms with E-state index >= 15 is 0 Å². The lowest BCUT2D eigenvalue weighted by atomic mass is 9.73. The van der Waals surface area contributed by atoms with Crippen molar-refractivity contribution in [2.75, 3.05) is 32.8 Å². The largest absolute Gasteiger partial charge is 0.379 e. The molecule has 0 radical (unpaired) electrons. The maximum atomic E-state index is 13.3. The van der Waals surface area contributed by atoms with E-state index in [9.17, 15) is 4.79 Å². The highest BCUT2D eigenvalue weighted by Crippen LogP contribution is 2.47. The van der Waals surface area contributed by atoms with Gasteiger partial charge in [0.25, 0.3) is 0 Å². The van der Waals surface area contributed by atoms with Crippen LogP contribution < -0.4 is 5.32 Å². The molecule has 3 fully saturated rings. The zero-order valence-electron chi connectivity index (χ0n) is 18.2. The molecule has 3 aliphatic rings. The van der Waals surface area contributed by atoms with E-state index < -0.39 is 0 Å². The van der Waals surface area contributed by atoms with Crippen molar-refractivity contribution < 1.29 is 9.53 Å². The summed E-state index contributed by atoms with van der Waals surface area (Å²) in [7, 11) is 0. The third-order valence-corrected chi connectivity index (χ3v) is 7.41. The zero-order chi connectivity index (χ0) is 21.1. The second-order valence-corrected chi connectivity index (χ2v) is 9.19. The van der Waals surface area contributed by atoms with Crippen LogP contribution in [0.2, 0.25) is 0 Å². The van der Waals surface area contributed by atoms with E-state index in [1.807, 2.05) is 12.1 Å². The molecule has 2 aromatic carbocycles. The number of piperazine rings is 1. The van der Waals surface area contributed by atoms with Crippen LogP contribution in [0.15, 0.2) is 60.7 Å². The molecule has 5 rings (SSSR count). The molecule has 1 aliphatic carbocycles. The van der Waals surface area contributed by atoms with Crippen molar-refractivity contribution >= 4 is 5.91 Å². The molecule has 5 heteroatoms. The van der Waals surface area contributed by atoms with Gasteiger partial charge >= 0.3 is 0 Å². The first kappa shape index (κ1) is 20.7. The van der Waals surface area contributed by atoms with Gasteiger partial charge in [0.15, 0.2) is 0 Å². The average molecular weight is 420 g/mol. The normalized spacial score (nSPS) is 26.6. The Labute approximate surface area is 185 Å². The number of benzene rings is 2. The third kappa shape index (κ3) is 4.02. The van der Waals surface area contributed by atoms with Crippen LogP contribution in [0, 0.1) is 5.92 Å². The smallest absolute Gasteiger partial charge is 0.238 e. The second kappa shape index (κ2) is 9.11. The highest BCUT2D eigenvalue weighted by molar-refractivity contribution is 5.82. The van der Waals surface area contributed by atoms with Gasteiger partial charge in [-0.2, -0.15) is 0 Å². The van der Waals surface area contributed by atoms with Crippen LogP contribution in [0.4, 0.5) is 0 Å². The Morgan fingerprint density at radius 3 is 2.39 bits per heavy atom. The number of rotatable bonds is 8. The van der Waals surface area contributed by atoms with Crippen LogP contribution in [0.3, 0.4) is 0 Å². The van der Waals surface area contributed by atoms with Crippen LogP contribution >= 0.6 is 0 Å². The van der Waals surface area contributed by atoms with Crippen LogP contribution in [0.1, 0.15) is 30.4 Å². The molecule has 2 unspecified atom stereocenters. The van der Waals surface area contributed by atoms with E-state index in [1.165, 1.54) is 30.4 Å². The second-order valence-electron chi connectivity index (χ2n) is 9.19. The molecule has 2 saturated heterocycles. The molecule has 31 heavy (non-hydrogen) atoms. The number of nitrogens with one attached hydrogen (secondary N) is 1. The molecule has 164 valence electrons. The fourth-order valence-corrected chi connectivity index (χ4v) is 5.58. The van der Waals surface area contributed by atoms with Gasteiger partial charge in [-0.3, -0.25) is 9.69 Å². The molecule has 1 amide bonds. The molecule has 2 heterocycles. The van der Waals surface area contributed by atoms with Gasteiger partial charge in [0.1, 0.15) is 5.66 Å². The van der Waals surface area contributed by atoms with Crippen LogP contribution in [-0.4, -0.2) is 60.3 Å². The Hall–Kier alpha value is -2.21. The monoisotopic (exact) mass is 419 g/mol. The van der Waals surface area contributed by atoms with Crippen molar-refractivity contribution in [1.29, 1.82) is 0 Å². The number of nitrogens with zero attached hydrogens (tertiary/aromatic N) is 2. The van der Waals surface area contributed by atoms with E-state index in [-0.39, 0.29) is 17.6 Å². The van der Waals surface area contributed by atoms with E-state index in [0.717, 1.165) is 19.5 Å². The molecule has 2 aromatic rings. The van der Waals surface area contributed by atoms with Crippen molar-refractivity contribution in [3.63, 3.8) is 0 Å². The van der Waals surface area contributed by atoms with Crippen LogP contribution in [-0.2, 0) is 22.5 Å². The zero-order valence-corrected chi connectivity index (χ0v) is 18.2. The van der Waals surface area contributed by atoms with Gasteiger partial charge in [-0.25, -0.2) is 0 Å². The molecule has 2 atom stereocenters. The van der Waals surface area contributed by atoms with Crippen LogP contribution in [0.5, 0.6) is 0 Å². The predicted molar refractivity (Wildman–Crippen MR) is 121 cm³/mol. The van der Waals surface area contributed by atoms with Crippen molar-refractivity contribution in [3.05, 3.63) is 71.8 Å². The Balaban J connectivity index is 1.29. The summed E-state index contributed by atoms with van der Waals surface area (Å²) in [5, 5.41) is 3.68. The summed E-state index contributed by atoms with van der Waals surface area (Å²) in [6.45, 7) is 4.32. The fourth-order valence-electron chi connectivity index (χ4n) is 5.58. The minimum atomic E-state index is -0.211. The summed E-state index contributed by atoms with van der Waals surface area (Å²) in [6, 6.07) is 21.1. The summed E-state index contributed by atoms with van der Waals surface area (Å²) >= 11 is 0. The summed E-state index contributed by atoms with van der Waals surface area (Å²) in [4.78, 5) is 17.9. The fraction of sp³-hybridized carbons (Fsp3) is 0.500. The van der Waals surface area contributed by atoms with Crippen molar-refractivity contribution in [2.24, 2.45) is 5.92 Å². The Morgan fingerprint density at radius 2 is 1.71 bits per heavy atom. The maximum Gasteiger partial charge on any atom is 0.238 e. The van der Waals surface area contributed by atoms with E-state index in [4.69, 9.17) is 4.74 Å². The first-order valence-corrected chi connectivity index (χ1v) is 11.7. The summed E-state index contributed by atoms with van der Waals surface area (Å²) < 4.78 is 6.14. The van der Waals surface area contributed by atoms with Gasteiger partial charge in [-0.05, 0) is 36.3 Å². The topological polar surface area (TPSA) is 44.8 Å². The van der Waals surface area contributed by atoms with Crippen LogP contribution in [0.25, 0.3) is 0 Å². The van der Waals surface area contributed by atoms with E-state index in [1.54, 1.807) is 0 Å². The quantitative estimate of drug-likeness (QED) is 0.668. The predicted octanol–water partition coefficient (Wildman–Crippen LogP) is 3.06. The Bertz CT molecular complexity index is 871. The summed E-state index contributed by atoms with van der Waals surface area (Å²) in [5.41, 5.74) is 2.30. The van der Waals surface area contributed by atoms with Gasteiger partial charge in [-0.15, -0.1) is 0 Å². The van der Waals surface area contributed by atoms with Gasteiger partial charge in [-0.1, -0.05) is 67.1 Å². The minimum Gasteiger partial charge on any atom is -0.379 e. The first-order valence-electron chi connectivity index (χ1n) is 11.7. The van der Waals surface area contributed by atoms with Crippen molar-refractivity contribution in [2.45, 2.75) is 43.9 Å². The number of ether oxygens (including phenoxy) is 1. The van der Waals surface area contributed by atoms with Gasteiger partial charge in [0, 0.05) is 25.7 Å². The molecule has 1 N–H and O–H groups in total. The molecule has 5 nitrogen and oxygen atoms in total. The van der Waals surface area contributed by atoms with Gasteiger partial charge < -0.3 is 15.0 Å². The maximum absolute atomic E-state index is 13.3. The number of carbonyl (C=O) groups excluding carboxylic acids is 1. The molecule has 2 aliphatic heterocycles.